The zero-order valence-electron chi connectivity index (χ0n) is 20.6. The zero-order chi connectivity index (χ0) is 26.6. The number of anilines is 3. The molecule has 1 aromatic carbocycles. The predicted octanol–water partition coefficient (Wildman–Crippen LogP) is 6.23. The van der Waals surface area contributed by atoms with Crippen molar-refractivity contribution < 1.29 is 22.3 Å². The van der Waals surface area contributed by atoms with E-state index in [1.165, 1.54) is 6.07 Å². The van der Waals surface area contributed by atoms with Gasteiger partial charge in [0, 0.05) is 12.2 Å². The third kappa shape index (κ3) is 6.56. The van der Waals surface area contributed by atoms with Gasteiger partial charge < -0.3 is 15.0 Å². The molecule has 0 aliphatic carbocycles. The van der Waals surface area contributed by atoms with E-state index in [9.17, 15) is 17.6 Å². The number of hydrogen-bond acceptors (Lipinski definition) is 8. The van der Waals surface area contributed by atoms with Crippen LogP contribution in [-0.2, 0) is 17.5 Å². The van der Waals surface area contributed by atoms with Crippen LogP contribution in [0.5, 0.6) is 0 Å². The van der Waals surface area contributed by atoms with Crippen LogP contribution in [0.2, 0.25) is 0 Å². The molecule has 1 N–H and O–H groups in total. The Morgan fingerprint density at radius 2 is 2.00 bits per heavy atom. The molecule has 3 heterocycles. The van der Waals surface area contributed by atoms with Crippen LogP contribution in [0.15, 0.2) is 52.8 Å². The number of aromatic nitrogens is 3. The summed E-state index contributed by atoms with van der Waals surface area (Å²) in [6, 6.07) is 8.34. The Balaban J connectivity index is 1.44. The van der Waals surface area contributed by atoms with Crippen LogP contribution in [0.25, 0.3) is 0 Å². The lowest BCUT2D eigenvalue weighted by Gasteiger charge is -2.38. The van der Waals surface area contributed by atoms with E-state index in [1.807, 2.05) is 18.7 Å². The Kier molecular flexibility index (Phi) is 7.96. The fourth-order valence-electron chi connectivity index (χ4n) is 3.97. The lowest BCUT2D eigenvalue weighted by atomic mass is 10.0. The van der Waals surface area contributed by atoms with Crippen molar-refractivity contribution in [3.8, 4) is 0 Å². The van der Waals surface area contributed by atoms with E-state index < -0.39 is 17.6 Å². The number of halogens is 4. The fourth-order valence-corrected chi connectivity index (χ4v) is 3.97. The lowest BCUT2D eigenvalue weighted by molar-refractivity contribution is -0.137. The maximum atomic E-state index is 14.5. The second-order valence-corrected chi connectivity index (χ2v) is 8.96. The highest BCUT2D eigenvalue weighted by Crippen LogP contribution is 2.32. The number of aryl methyl sites for hydroxylation is 1. The number of nitrogens with zero attached hydrogens (tertiary/aromatic N) is 6. The molecular formula is C25H27F4N7O. The maximum Gasteiger partial charge on any atom is 0.416 e. The van der Waals surface area contributed by atoms with Gasteiger partial charge in [0.2, 0.25) is 0 Å². The van der Waals surface area contributed by atoms with Gasteiger partial charge in [-0.15, -0.1) is 5.11 Å². The SMILES string of the molecule is Cc1nc(CN=Nc2ncc(F)c(N3CCOCC3C(C)C)n2)ccc1Nc1cccc(C(F)(F)F)c1. The molecule has 8 nitrogen and oxygen atoms in total. The number of ether oxygens (including phenoxy) is 1. The van der Waals surface area contributed by atoms with Crippen molar-refractivity contribution in [1.82, 2.24) is 15.0 Å². The van der Waals surface area contributed by atoms with Gasteiger partial charge in [0.1, 0.15) is 6.54 Å². The molecule has 12 heteroatoms. The molecule has 1 saturated heterocycles. The van der Waals surface area contributed by atoms with Crippen molar-refractivity contribution in [2.45, 2.75) is 39.5 Å². The van der Waals surface area contributed by atoms with Gasteiger partial charge in [-0.1, -0.05) is 19.9 Å². The Labute approximate surface area is 211 Å². The lowest BCUT2D eigenvalue weighted by Crippen LogP contribution is -2.49. The van der Waals surface area contributed by atoms with E-state index >= 15 is 0 Å². The Hall–Kier alpha value is -3.67. The summed E-state index contributed by atoms with van der Waals surface area (Å²) in [4.78, 5) is 14.5. The van der Waals surface area contributed by atoms with E-state index in [1.54, 1.807) is 25.1 Å². The number of rotatable bonds is 7. The molecule has 0 spiro atoms. The van der Waals surface area contributed by atoms with Crippen molar-refractivity contribution in [3.05, 3.63) is 65.4 Å². The number of hydrogen-bond donors (Lipinski definition) is 1. The van der Waals surface area contributed by atoms with E-state index in [2.05, 4.69) is 30.5 Å². The van der Waals surface area contributed by atoms with Crippen LogP contribution in [0.1, 0.15) is 30.8 Å². The number of pyridine rings is 1. The van der Waals surface area contributed by atoms with Crippen molar-refractivity contribution in [2.75, 3.05) is 30.0 Å². The normalized spacial score (nSPS) is 16.5. The first-order valence-corrected chi connectivity index (χ1v) is 11.8. The van der Waals surface area contributed by atoms with Crippen LogP contribution in [-0.4, -0.2) is 40.8 Å². The monoisotopic (exact) mass is 517 g/mol. The van der Waals surface area contributed by atoms with Crippen LogP contribution >= 0.6 is 0 Å². The average Bonchev–Trinajstić information content (AvgIpc) is 2.86. The van der Waals surface area contributed by atoms with Crippen molar-refractivity contribution in [1.29, 1.82) is 0 Å². The summed E-state index contributed by atoms with van der Waals surface area (Å²) >= 11 is 0. The topological polar surface area (TPSA) is 87.9 Å². The van der Waals surface area contributed by atoms with E-state index in [0.717, 1.165) is 18.3 Å². The molecule has 1 fully saturated rings. The number of morpholine rings is 1. The Bertz CT molecular complexity index is 1270. The van der Waals surface area contributed by atoms with Gasteiger partial charge in [0.25, 0.3) is 5.95 Å². The number of nitrogens with one attached hydrogen (secondary N) is 1. The third-order valence-corrected chi connectivity index (χ3v) is 5.93. The molecule has 0 amide bonds. The molecule has 4 rings (SSSR count). The van der Waals surface area contributed by atoms with Crippen molar-refractivity contribution in [3.63, 3.8) is 0 Å². The number of alkyl halides is 3. The fraction of sp³-hybridized carbons (Fsp3) is 0.400. The van der Waals surface area contributed by atoms with Gasteiger partial charge in [-0.3, -0.25) is 4.98 Å². The average molecular weight is 518 g/mol. The summed E-state index contributed by atoms with van der Waals surface area (Å²) in [5.41, 5.74) is 1.30. The minimum absolute atomic E-state index is 0.0156. The molecule has 2 aromatic heterocycles. The van der Waals surface area contributed by atoms with Crippen molar-refractivity contribution >= 4 is 23.1 Å². The van der Waals surface area contributed by atoms with Crippen LogP contribution < -0.4 is 10.2 Å². The predicted molar refractivity (Wildman–Crippen MR) is 131 cm³/mol. The Morgan fingerprint density at radius 3 is 2.73 bits per heavy atom. The van der Waals surface area contributed by atoms with Gasteiger partial charge in [-0.25, -0.2) is 9.37 Å². The molecule has 37 heavy (non-hydrogen) atoms. The zero-order valence-corrected chi connectivity index (χ0v) is 20.6. The molecule has 1 aliphatic heterocycles. The summed E-state index contributed by atoms with van der Waals surface area (Å²) in [5, 5.41) is 11.1. The first kappa shape index (κ1) is 26.4. The largest absolute Gasteiger partial charge is 0.416 e. The minimum Gasteiger partial charge on any atom is -0.377 e. The van der Waals surface area contributed by atoms with Gasteiger partial charge >= 0.3 is 6.18 Å². The van der Waals surface area contributed by atoms with Gasteiger partial charge in [0.15, 0.2) is 11.6 Å². The van der Waals surface area contributed by atoms with Gasteiger partial charge in [-0.2, -0.15) is 23.3 Å². The van der Waals surface area contributed by atoms with Crippen LogP contribution in [0, 0.1) is 18.7 Å². The van der Waals surface area contributed by atoms with Crippen LogP contribution in [0.3, 0.4) is 0 Å². The van der Waals surface area contributed by atoms with Crippen LogP contribution in [0.4, 0.5) is 40.7 Å². The van der Waals surface area contributed by atoms with Crippen molar-refractivity contribution in [2.24, 2.45) is 16.1 Å². The second-order valence-electron chi connectivity index (χ2n) is 8.96. The third-order valence-electron chi connectivity index (χ3n) is 5.93. The maximum absolute atomic E-state index is 14.5. The number of azo groups is 1. The summed E-state index contributed by atoms with van der Waals surface area (Å²) in [6.45, 7) is 7.42. The highest BCUT2D eigenvalue weighted by molar-refractivity contribution is 5.62. The van der Waals surface area contributed by atoms with E-state index in [4.69, 9.17) is 4.74 Å². The van der Waals surface area contributed by atoms with Gasteiger partial charge in [0.05, 0.1) is 48.1 Å². The first-order valence-electron chi connectivity index (χ1n) is 11.8. The summed E-state index contributed by atoms with van der Waals surface area (Å²) in [7, 11) is 0. The molecule has 0 bridgehead atoms. The highest BCUT2D eigenvalue weighted by Gasteiger charge is 2.31. The Morgan fingerprint density at radius 1 is 1.19 bits per heavy atom. The molecule has 196 valence electrons. The molecular weight excluding hydrogens is 490 g/mol. The molecule has 1 aliphatic rings. The number of benzene rings is 1. The summed E-state index contributed by atoms with van der Waals surface area (Å²) in [6.07, 6.45) is -3.34. The minimum atomic E-state index is -4.42. The van der Waals surface area contributed by atoms with E-state index in [0.29, 0.717) is 42.5 Å². The highest BCUT2D eigenvalue weighted by atomic mass is 19.4. The van der Waals surface area contributed by atoms with Gasteiger partial charge in [-0.05, 0) is 43.2 Å². The molecule has 1 unspecified atom stereocenters. The first-order chi connectivity index (χ1) is 17.6. The standard InChI is InChI=1S/C25H27F4N7O/c1-15(2)22-14-37-10-9-36(22)23-20(26)13-30-24(34-23)35-31-12-19-7-8-21(16(3)32-19)33-18-6-4-5-17(11-18)25(27,28)29/h4-8,11,13,15,22,33H,9-10,12,14H2,1-3H3. The second kappa shape index (κ2) is 11.2. The molecule has 3 aromatic rings. The summed E-state index contributed by atoms with van der Waals surface area (Å²) in [5.74, 6) is -0.0948. The van der Waals surface area contributed by atoms with E-state index in [-0.39, 0.29) is 30.3 Å². The molecule has 1 atom stereocenters. The molecule has 0 saturated carbocycles. The summed E-state index contributed by atoms with van der Waals surface area (Å²) < 4.78 is 59.0. The smallest absolute Gasteiger partial charge is 0.377 e. The quantitative estimate of drug-likeness (QED) is 0.295. The molecule has 0 radical (unpaired) electrons.